The van der Waals surface area contributed by atoms with Crippen molar-refractivity contribution in [2.45, 2.75) is 11.0 Å². The predicted octanol–water partition coefficient (Wildman–Crippen LogP) is 4.46. The van der Waals surface area contributed by atoms with Gasteiger partial charge in [0.15, 0.2) is 9.68 Å². The second-order valence-corrected chi connectivity index (χ2v) is 7.47. The molecule has 118 valence electrons. The summed E-state index contributed by atoms with van der Waals surface area (Å²) in [4.78, 5) is 2.00. The van der Waals surface area contributed by atoms with Crippen LogP contribution >= 0.6 is 63.0 Å². The van der Waals surface area contributed by atoms with E-state index < -0.39 is 4.57 Å². The van der Waals surface area contributed by atoms with Gasteiger partial charge in [0, 0.05) is 17.8 Å². The Bertz CT molecular complexity index is 650. The lowest BCUT2D eigenvalue weighted by Crippen LogP contribution is -2.55. The topological polar surface area (TPSA) is 41.3 Å². The van der Waals surface area contributed by atoms with Crippen molar-refractivity contribution >= 4 is 68.1 Å². The first-order valence-corrected chi connectivity index (χ1v) is 8.68. The number of benzene rings is 1. The highest BCUT2D eigenvalue weighted by molar-refractivity contribution is 9.10. The fourth-order valence-electron chi connectivity index (χ4n) is 2.09. The highest BCUT2D eigenvalue weighted by Crippen LogP contribution is 2.33. The third-order valence-corrected chi connectivity index (χ3v) is 5.37. The van der Waals surface area contributed by atoms with Gasteiger partial charge in [-0.2, -0.15) is 0 Å². The maximum Gasteiger partial charge on any atom is 0.189 e. The van der Waals surface area contributed by atoms with Crippen molar-refractivity contribution < 1.29 is 0 Å². The molecule has 0 spiro atoms. The molecule has 0 amide bonds. The molecule has 1 atom stereocenters. The monoisotopic (exact) mass is 439 g/mol. The number of rotatable bonds is 4. The number of nitrogens with two attached hydrogens (primary N) is 1. The molecule has 0 aromatic heterocycles. The van der Waals surface area contributed by atoms with Crippen LogP contribution in [0.2, 0.25) is 15.1 Å². The van der Waals surface area contributed by atoms with Crippen LogP contribution in [0.1, 0.15) is 5.56 Å². The van der Waals surface area contributed by atoms with E-state index in [0.717, 1.165) is 5.56 Å². The molecule has 1 aromatic rings. The van der Waals surface area contributed by atoms with Crippen molar-refractivity contribution in [3.63, 3.8) is 0 Å². The summed E-state index contributed by atoms with van der Waals surface area (Å²) in [5, 5.41) is 4.76. The lowest BCUT2D eigenvalue weighted by molar-refractivity contribution is 0.278. The summed E-state index contributed by atoms with van der Waals surface area (Å²) in [6.45, 7) is 0.626. The summed E-state index contributed by atoms with van der Waals surface area (Å²) in [6.07, 6.45) is 8.26. The van der Waals surface area contributed by atoms with Gasteiger partial charge in [-0.05, 0) is 64.4 Å². The molecule has 8 heteroatoms. The van der Waals surface area contributed by atoms with Gasteiger partial charge in [0.25, 0.3) is 0 Å². The molecular formula is C14H13BrCl3N3S. The molecule has 0 radical (unpaired) electrons. The number of thiocarbonyl (C=S) groups is 1. The maximum atomic E-state index is 6.24. The number of allylic oxidation sites excluding steroid dienone is 2. The molecule has 0 fully saturated rings. The van der Waals surface area contributed by atoms with E-state index in [9.17, 15) is 0 Å². The van der Waals surface area contributed by atoms with E-state index in [2.05, 4.69) is 21.2 Å². The van der Waals surface area contributed by atoms with Gasteiger partial charge in [-0.3, -0.25) is 0 Å². The van der Waals surface area contributed by atoms with Crippen LogP contribution in [-0.4, -0.2) is 21.1 Å². The van der Waals surface area contributed by atoms with Gasteiger partial charge in [-0.15, -0.1) is 0 Å². The van der Waals surface area contributed by atoms with Crippen molar-refractivity contribution in [3.05, 3.63) is 57.2 Å². The van der Waals surface area contributed by atoms with Gasteiger partial charge in [0.2, 0.25) is 0 Å². The van der Waals surface area contributed by atoms with Gasteiger partial charge in [-0.1, -0.05) is 40.9 Å². The standard InChI is InChI=1S/C14H13BrCl3N3S/c15-14(20-13(19)22)6-1-2-7-21(14)8-5-9-10(16)3-4-11(17)12(9)18/h1-4,6-7H,5,8H2,(H3,19,20,22). The summed E-state index contributed by atoms with van der Waals surface area (Å²) < 4.78 is -0.675. The third-order valence-electron chi connectivity index (χ3n) is 3.15. The summed E-state index contributed by atoms with van der Waals surface area (Å²) in [5.74, 6) is 0. The normalized spacial score (nSPS) is 20.3. The van der Waals surface area contributed by atoms with E-state index in [1.807, 2.05) is 29.3 Å². The SMILES string of the molecule is NC(=S)NC1(Br)C=CC=CN1CCc1c(Cl)ccc(Cl)c1Cl. The zero-order chi connectivity index (χ0) is 16.3. The smallest absolute Gasteiger partial charge is 0.189 e. The van der Waals surface area contributed by atoms with Gasteiger partial charge in [-0.25, -0.2) is 0 Å². The molecule has 0 bridgehead atoms. The largest absolute Gasteiger partial charge is 0.376 e. The first kappa shape index (κ1) is 17.9. The van der Waals surface area contributed by atoms with Crippen molar-refractivity contribution in [1.29, 1.82) is 0 Å². The number of halogens is 4. The fraction of sp³-hybridized carbons (Fsp3) is 0.214. The van der Waals surface area contributed by atoms with Crippen LogP contribution in [0.15, 0.2) is 36.6 Å². The lowest BCUT2D eigenvalue weighted by atomic mass is 10.1. The van der Waals surface area contributed by atoms with E-state index in [1.54, 1.807) is 12.1 Å². The Balaban J connectivity index is 2.17. The maximum absolute atomic E-state index is 6.24. The lowest BCUT2D eigenvalue weighted by Gasteiger charge is -2.39. The van der Waals surface area contributed by atoms with E-state index in [4.69, 9.17) is 52.8 Å². The molecule has 3 nitrogen and oxygen atoms in total. The van der Waals surface area contributed by atoms with Crippen LogP contribution in [0.4, 0.5) is 0 Å². The minimum absolute atomic E-state index is 0.195. The van der Waals surface area contributed by atoms with Crippen LogP contribution in [0.5, 0.6) is 0 Å². The molecular weight excluding hydrogens is 429 g/mol. The molecule has 0 saturated heterocycles. The van der Waals surface area contributed by atoms with Gasteiger partial charge in [0.05, 0.1) is 10.0 Å². The van der Waals surface area contributed by atoms with Crippen LogP contribution in [-0.2, 0) is 6.42 Å². The number of nitrogens with one attached hydrogen (secondary N) is 1. The summed E-state index contributed by atoms with van der Waals surface area (Å²) in [7, 11) is 0. The quantitative estimate of drug-likeness (QED) is 0.313. The van der Waals surface area contributed by atoms with Gasteiger partial charge >= 0.3 is 0 Å². The first-order valence-electron chi connectivity index (χ1n) is 6.35. The fourth-order valence-corrected chi connectivity index (χ4v) is 3.78. The zero-order valence-corrected chi connectivity index (χ0v) is 16.0. The Morgan fingerprint density at radius 3 is 2.64 bits per heavy atom. The number of hydrogen-bond acceptors (Lipinski definition) is 2. The van der Waals surface area contributed by atoms with Crippen molar-refractivity contribution in [2.75, 3.05) is 6.54 Å². The zero-order valence-electron chi connectivity index (χ0n) is 11.3. The molecule has 2 rings (SSSR count). The average molecular weight is 442 g/mol. The summed E-state index contributed by atoms with van der Waals surface area (Å²) >= 11 is 27.0. The molecule has 1 aromatic carbocycles. The van der Waals surface area contributed by atoms with Crippen molar-refractivity contribution in [3.8, 4) is 0 Å². The molecule has 3 N–H and O–H groups in total. The molecule has 1 aliphatic rings. The predicted molar refractivity (Wildman–Crippen MR) is 102 cm³/mol. The first-order chi connectivity index (χ1) is 10.3. The third kappa shape index (κ3) is 4.09. The Kier molecular flexibility index (Phi) is 6.02. The summed E-state index contributed by atoms with van der Waals surface area (Å²) in [6, 6.07) is 3.42. The molecule has 1 unspecified atom stereocenters. The Hall–Kier alpha value is -0.460. The molecule has 1 heterocycles. The molecule has 0 saturated carbocycles. The number of hydrogen-bond donors (Lipinski definition) is 2. The molecule has 1 aliphatic heterocycles. The highest BCUT2D eigenvalue weighted by Gasteiger charge is 2.31. The van der Waals surface area contributed by atoms with Gasteiger partial charge in [0.1, 0.15) is 0 Å². The Morgan fingerprint density at radius 2 is 1.95 bits per heavy atom. The van der Waals surface area contributed by atoms with Crippen LogP contribution in [0.3, 0.4) is 0 Å². The molecule has 22 heavy (non-hydrogen) atoms. The Morgan fingerprint density at radius 1 is 1.27 bits per heavy atom. The van der Waals surface area contributed by atoms with Crippen molar-refractivity contribution in [1.82, 2.24) is 10.2 Å². The minimum atomic E-state index is -0.675. The average Bonchev–Trinajstić information content (AvgIpc) is 2.44. The van der Waals surface area contributed by atoms with E-state index in [-0.39, 0.29) is 5.11 Å². The van der Waals surface area contributed by atoms with Crippen molar-refractivity contribution in [2.24, 2.45) is 5.73 Å². The Labute approximate surface area is 158 Å². The van der Waals surface area contributed by atoms with Crippen LogP contribution < -0.4 is 11.1 Å². The highest BCUT2D eigenvalue weighted by atomic mass is 79.9. The minimum Gasteiger partial charge on any atom is -0.376 e. The summed E-state index contributed by atoms with van der Waals surface area (Å²) in [5.41, 5.74) is 6.40. The van der Waals surface area contributed by atoms with E-state index in [0.29, 0.717) is 28.0 Å². The molecule has 0 aliphatic carbocycles. The van der Waals surface area contributed by atoms with E-state index in [1.165, 1.54) is 0 Å². The second-order valence-electron chi connectivity index (χ2n) is 4.63. The number of nitrogens with zero attached hydrogens (tertiary/aromatic N) is 1. The van der Waals surface area contributed by atoms with Crippen LogP contribution in [0, 0.1) is 0 Å². The van der Waals surface area contributed by atoms with Gasteiger partial charge < -0.3 is 16.0 Å². The second kappa shape index (κ2) is 7.41. The van der Waals surface area contributed by atoms with Crippen LogP contribution in [0.25, 0.3) is 0 Å². The number of alkyl halides is 1. The van der Waals surface area contributed by atoms with E-state index >= 15 is 0 Å².